The van der Waals surface area contributed by atoms with Crippen molar-refractivity contribution in [3.05, 3.63) is 0 Å². The summed E-state index contributed by atoms with van der Waals surface area (Å²) in [6, 6.07) is 1.66. The second-order valence-corrected chi connectivity index (χ2v) is 4.54. The van der Waals surface area contributed by atoms with Crippen LogP contribution in [0.5, 0.6) is 0 Å². The van der Waals surface area contributed by atoms with Crippen LogP contribution in [0, 0.1) is 5.41 Å². The predicted molar refractivity (Wildman–Crippen MR) is 42.4 cm³/mol. The molecule has 2 atom stereocenters. The first kappa shape index (κ1) is 6.44. The lowest BCUT2D eigenvalue weighted by Crippen LogP contribution is -2.53. The van der Waals surface area contributed by atoms with Gasteiger partial charge in [-0.05, 0) is 25.7 Å². The van der Waals surface area contributed by atoms with E-state index in [1.807, 2.05) is 0 Å². The lowest BCUT2D eigenvalue weighted by Gasteiger charge is -2.47. The molecular weight excluding hydrogens is 138 g/mol. The minimum Gasteiger partial charge on any atom is -0.380 e. The van der Waals surface area contributed by atoms with Gasteiger partial charge < -0.3 is 10.1 Å². The van der Waals surface area contributed by atoms with Crippen LogP contribution in [0.2, 0.25) is 0 Å². The molecule has 3 saturated heterocycles. The van der Waals surface area contributed by atoms with Crippen molar-refractivity contribution in [3.8, 4) is 0 Å². The fraction of sp³-hybridized carbons (Fsp3) is 1.00. The monoisotopic (exact) mass is 153 g/mol. The maximum Gasteiger partial charge on any atom is 0.0545 e. The third-order valence-corrected chi connectivity index (χ3v) is 3.51. The van der Waals surface area contributed by atoms with Crippen molar-refractivity contribution >= 4 is 0 Å². The fourth-order valence-corrected chi connectivity index (χ4v) is 2.98. The smallest absolute Gasteiger partial charge is 0.0545 e. The Bertz CT molecular complexity index is 162. The first-order valence-electron chi connectivity index (χ1n) is 4.70. The van der Waals surface area contributed by atoms with Crippen LogP contribution in [0.3, 0.4) is 0 Å². The molecule has 2 heteroatoms. The normalized spacial score (nSPS) is 45.8. The fourth-order valence-electron chi connectivity index (χ4n) is 2.98. The number of ether oxygens (including phenoxy) is 1. The summed E-state index contributed by atoms with van der Waals surface area (Å²) in [5.74, 6) is 0. The molecular formula is C9H15NO. The molecule has 2 unspecified atom stereocenters. The Morgan fingerprint density at radius 2 is 1.73 bits per heavy atom. The van der Waals surface area contributed by atoms with Crippen LogP contribution in [0.15, 0.2) is 0 Å². The topological polar surface area (TPSA) is 21.3 Å². The van der Waals surface area contributed by atoms with Crippen LogP contribution < -0.4 is 5.32 Å². The second kappa shape index (κ2) is 1.99. The van der Waals surface area contributed by atoms with E-state index in [-0.39, 0.29) is 0 Å². The standard InChI is InChI=1S/C9H15NO/c1-2-8-4-9(5-11-6-9)3-7(1)10-8/h7-8,10H,1-6H2. The van der Waals surface area contributed by atoms with E-state index in [4.69, 9.17) is 4.74 Å². The molecule has 3 aliphatic rings. The summed E-state index contributed by atoms with van der Waals surface area (Å²) >= 11 is 0. The second-order valence-electron chi connectivity index (χ2n) is 4.54. The molecule has 3 heterocycles. The van der Waals surface area contributed by atoms with Gasteiger partial charge >= 0.3 is 0 Å². The molecule has 3 rings (SSSR count). The molecule has 0 aromatic rings. The van der Waals surface area contributed by atoms with Crippen molar-refractivity contribution in [3.63, 3.8) is 0 Å². The van der Waals surface area contributed by atoms with Crippen molar-refractivity contribution in [1.82, 2.24) is 5.32 Å². The predicted octanol–water partition coefficient (Wildman–Crippen LogP) is 0.917. The molecule has 62 valence electrons. The first-order chi connectivity index (χ1) is 5.36. The Kier molecular flexibility index (Phi) is 1.16. The number of hydrogen-bond acceptors (Lipinski definition) is 2. The molecule has 3 aliphatic heterocycles. The molecule has 0 aromatic carbocycles. The van der Waals surface area contributed by atoms with Crippen molar-refractivity contribution in [2.75, 3.05) is 13.2 Å². The molecule has 0 saturated carbocycles. The SMILES string of the molecule is C1CC2CC3(COC3)CC1N2. The first-order valence-corrected chi connectivity index (χ1v) is 4.70. The van der Waals surface area contributed by atoms with Crippen molar-refractivity contribution in [2.24, 2.45) is 5.41 Å². The minimum absolute atomic E-state index is 0.622. The minimum atomic E-state index is 0.622. The molecule has 1 spiro atoms. The third kappa shape index (κ3) is 0.859. The summed E-state index contributed by atoms with van der Waals surface area (Å²) in [7, 11) is 0. The zero-order chi connectivity index (χ0) is 7.31. The van der Waals surface area contributed by atoms with E-state index in [0.29, 0.717) is 5.41 Å². The average Bonchev–Trinajstić information content (AvgIpc) is 2.27. The van der Waals surface area contributed by atoms with Gasteiger partial charge in [0.25, 0.3) is 0 Å². The molecule has 3 fully saturated rings. The van der Waals surface area contributed by atoms with Crippen molar-refractivity contribution < 1.29 is 4.74 Å². The van der Waals surface area contributed by atoms with Crippen LogP contribution >= 0.6 is 0 Å². The van der Waals surface area contributed by atoms with Gasteiger partial charge in [0.05, 0.1) is 13.2 Å². The molecule has 0 radical (unpaired) electrons. The molecule has 11 heavy (non-hydrogen) atoms. The largest absolute Gasteiger partial charge is 0.380 e. The van der Waals surface area contributed by atoms with E-state index in [2.05, 4.69) is 5.32 Å². The van der Waals surface area contributed by atoms with Crippen LogP contribution in [-0.4, -0.2) is 25.3 Å². The van der Waals surface area contributed by atoms with Crippen LogP contribution in [0.4, 0.5) is 0 Å². The molecule has 0 aromatic heterocycles. The summed E-state index contributed by atoms with van der Waals surface area (Å²) in [5.41, 5.74) is 0.622. The highest BCUT2D eigenvalue weighted by atomic mass is 16.5. The van der Waals surface area contributed by atoms with Gasteiger partial charge in [-0.25, -0.2) is 0 Å². The van der Waals surface area contributed by atoms with E-state index in [1.54, 1.807) is 0 Å². The highest BCUT2D eigenvalue weighted by molar-refractivity contribution is 5.01. The van der Waals surface area contributed by atoms with Gasteiger partial charge in [0.1, 0.15) is 0 Å². The maximum atomic E-state index is 5.31. The summed E-state index contributed by atoms with van der Waals surface area (Å²) in [4.78, 5) is 0. The van der Waals surface area contributed by atoms with Gasteiger partial charge in [0.2, 0.25) is 0 Å². The lowest BCUT2D eigenvalue weighted by molar-refractivity contribution is -0.135. The Hall–Kier alpha value is -0.0800. The van der Waals surface area contributed by atoms with Gasteiger partial charge in [-0.3, -0.25) is 0 Å². The Morgan fingerprint density at radius 3 is 2.18 bits per heavy atom. The number of nitrogens with one attached hydrogen (secondary N) is 1. The van der Waals surface area contributed by atoms with Crippen LogP contribution in [-0.2, 0) is 4.74 Å². The van der Waals surface area contributed by atoms with E-state index in [0.717, 1.165) is 25.3 Å². The van der Waals surface area contributed by atoms with Crippen molar-refractivity contribution in [2.45, 2.75) is 37.8 Å². The van der Waals surface area contributed by atoms with Gasteiger partial charge in [-0.1, -0.05) is 0 Å². The third-order valence-electron chi connectivity index (χ3n) is 3.51. The molecule has 2 nitrogen and oxygen atoms in total. The molecule has 1 N–H and O–H groups in total. The van der Waals surface area contributed by atoms with Gasteiger partial charge in [-0.15, -0.1) is 0 Å². The summed E-state index contributed by atoms with van der Waals surface area (Å²) in [5, 5.41) is 3.66. The quantitative estimate of drug-likeness (QED) is 0.558. The van der Waals surface area contributed by atoms with E-state index >= 15 is 0 Å². The highest BCUT2D eigenvalue weighted by Gasteiger charge is 2.47. The zero-order valence-corrected chi connectivity index (χ0v) is 6.81. The number of rotatable bonds is 0. The number of piperidine rings is 1. The Morgan fingerprint density at radius 1 is 1.09 bits per heavy atom. The van der Waals surface area contributed by atoms with Crippen LogP contribution in [0.1, 0.15) is 25.7 Å². The molecule has 2 bridgehead atoms. The molecule has 0 amide bonds. The van der Waals surface area contributed by atoms with Gasteiger partial charge in [0, 0.05) is 17.5 Å². The summed E-state index contributed by atoms with van der Waals surface area (Å²) < 4.78 is 5.31. The lowest BCUT2D eigenvalue weighted by atomic mass is 9.74. The van der Waals surface area contributed by atoms with Crippen molar-refractivity contribution in [1.29, 1.82) is 0 Å². The average molecular weight is 153 g/mol. The number of hydrogen-bond donors (Lipinski definition) is 1. The van der Waals surface area contributed by atoms with Crippen LogP contribution in [0.25, 0.3) is 0 Å². The van der Waals surface area contributed by atoms with E-state index in [9.17, 15) is 0 Å². The maximum absolute atomic E-state index is 5.31. The van der Waals surface area contributed by atoms with E-state index in [1.165, 1.54) is 25.7 Å². The Balaban J connectivity index is 1.80. The van der Waals surface area contributed by atoms with Gasteiger partial charge in [-0.2, -0.15) is 0 Å². The number of fused-ring (bicyclic) bond motifs is 2. The summed E-state index contributed by atoms with van der Waals surface area (Å²) in [6.45, 7) is 2.09. The molecule has 0 aliphatic carbocycles. The highest BCUT2D eigenvalue weighted by Crippen LogP contribution is 2.44. The van der Waals surface area contributed by atoms with E-state index < -0.39 is 0 Å². The summed E-state index contributed by atoms with van der Waals surface area (Å²) in [6.07, 6.45) is 5.58. The van der Waals surface area contributed by atoms with Gasteiger partial charge in [0.15, 0.2) is 0 Å². The zero-order valence-electron chi connectivity index (χ0n) is 6.81. The Labute approximate surface area is 67.3 Å².